The van der Waals surface area contributed by atoms with Crippen LogP contribution >= 0.6 is 0 Å². The second kappa shape index (κ2) is 6.42. The number of aromatic carboxylic acids is 1. The van der Waals surface area contributed by atoms with Crippen molar-refractivity contribution < 1.29 is 19.1 Å². The minimum absolute atomic E-state index is 0.124. The van der Waals surface area contributed by atoms with Crippen LogP contribution < -0.4 is 10.6 Å². The first-order valence-electron chi connectivity index (χ1n) is 6.06. The van der Waals surface area contributed by atoms with Gasteiger partial charge in [-0.25, -0.2) is 9.59 Å². The van der Waals surface area contributed by atoms with E-state index in [2.05, 4.69) is 10.6 Å². The number of rotatable bonds is 5. The maximum Gasteiger partial charge on any atom is 0.335 e. The Morgan fingerprint density at radius 3 is 2.75 bits per heavy atom. The first-order chi connectivity index (χ1) is 9.65. The third-order valence-electron chi connectivity index (χ3n) is 2.60. The molecule has 0 aliphatic carbocycles. The average Bonchev–Trinajstić information content (AvgIpc) is 2.92. The number of amides is 2. The van der Waals surface area contributed by atoms with Crippen LogP contribution in [0.15, 0.2) is 47.1 Å². The molecule has 20 heavy (non-hydrogen) atoms. The van der Waals surface area contributed by atoms with E-state index in [4.69, 9.17) is 9.52 Å². The van der Waals surface area contributed by atoms with Crippen molar-refractivity contribution in [3.05, 3.63) is 54.0 Å². The van der Waals surface area contributed by atoms with Crippen molar-refractivity contribution >= 4 is 17.7 Å². The van der Waals surface area contributed by atoms with E-state index in [0.717, 1.165) is 5.76 Å². The summed E-state index contributed by atoms with van der Waals surface area (Å²) in [6.45, 7) is 0.429. The molecule has 0 spiro atoms. The number of hydrogen-bond acceptors (Lipinski definition) is 3. The van der Waals surface area contributed by atoms with Crippen LogP contribution in [0.2, 0.25) is 0 Å². The Bertz CT molecular complexity index is 593. The molecule has 2 amide bonds. The van der Waals surface area contributed by atoms with Crippen LogP contribution in [0, 0.1) is 0 Å². The SMILES string of the molecule is O=C(NCCc1ccco1)Nc1cccc(C(=O)O)c1. The van der Waals surface area contributed by atoms with Crippen molar-refractivity contribution in [3.8, 4) is 0 Å². The summed E-state index contributed by atoms with van der Waals surface area (Å²) in [5, 5.41) is 14.1. The third-order valence-corrected chi connectivity index (χ3v) is 2.60. The van der Waals surface area contributed by atoms with Gasteiger partial charge in [0.05, 0.1) is 11.8 Å². The smallest absolute Gasteiger partial charge is 0.335 e. The fourth-order valence-corrected chi connectivity index (χ4v) is 1.66. The molecule has 6 heteroatoms. The molecule has 0 saturated heterocycles. The minimum atomic E-state index is -1.04. The average molecular weight is 274 g/mol. The molecule has 0 radical (unpaired) electrons. The van der Waals surface area contributed by atoms with Crippen LogP contribution in [0.25, 0.3) is 0 Å². The number of carboxylic acid groups (broad SMARTS) is 1. The van der Waals surface area contributed by atoms with Gasteiger partial charge in [-0.05, 0) is 30.3 Å². The van der Waals surface area contributed by atoms with E-state index in [-0.39, 0.29) is 11.6 Å². The molecule has 0 unspecified atom stereocenters. The molecule has 3 N–H and O–H groups in total. The highest BCUT2D eigenvalue weighted by molar-refractivity contribution is 5.93. The van der Waals surface area contributed by atoms with E-state index in [1.807, 2.05) is 6.07 Å². The standard InChI is InChI=1S/C14H14N2O4/c17-13(18)10-3-1-4-11(9-10)16-14(19)15-7-6-12-5-2-8-20-12/h1-5,8-9H,6-7H2,(H,17,18)(H2,15,16,19). The van der Waals surface area contributed by atoms with Crippen LogP contribution in [-0.4, -0.2) is 23.7 Å². The Morgan fingerprint density at radius 2 is 2.05 bits per heavy atom. The van der Waals surface area contributed by atoms with Gasteiger partial charge in [-0.1, -0.05) is 6.07 Å². The van der Waals surface area contributed by atoms with Crippen LogP contribution in [0.1, 0.15) is 16.1 Å². The molecule has 1 aromatic carbocycles. The highest BCUT2D eigenvalue weighted by Crippen LogP contribution is 2.10. The Hall–Kier alpha value is -2.76. The fourth-order valence-electron chi connectivity index (χ4n) is 1.66. The Kier molecular flexibility index (Phi) is 4.39. The number of nitrogens with one attached hydrogen (secondary N) is 2. The summed E-state index contributed by atoms with van der Waals surface area (Å²) in [6, 6.07) is 9.28. The molecule has 2 rings (SSSR count). The molecule has 6 nitrogen and oxygen atoms in total. The van der Waals surface area contributed by atoms with Crippen molar-refractivity contribution in [2.45, 2.75) is 6.42 Å². The van der Waals surface area contributed by atoms with Crippen molar-refractivity contribution in [1.82, 2.24) is 5.32 Å². The first kappa shape index (κ1) is 13.7. The van der Waals surface area contributed by atoms with Gasteiger partial charge in [-0.3, -0.25) is 0 Å². The number of carbonyl (C=O) groups excluding carboxylic acids is 1. The van der Waals surface area contributed by atoms with Crippen LogP contribution in [-0.2, 0) is 6.42 Å². The van der Waals surface area contributed by atoms with Gasteiger partial charge >= 0.3 is 12.0 Å². The predicted octanol–water partition coefficient (Wildman–Crippen LogP) is 2.34. The maximum absolute atomic E-state index is 11.6. The minimum Gasteiger partial charge on any atom is -0.478 e. The molecular weight excluding hydrogens is 260 g/mol. The number of carbonyl (C=O) groups is 2. The quantitative estimate of drug-likeness (QED) is 0.780. The van der Waals surface area contributed by atoms with E-state index < -0.39 is 5.97 Å². The summed E-state index contributed by atoms with van der Waals surface area (Å²) in [5.41, 5.74) is 0.554. The number of carboxylic acids is 1. The molecule has 0 aliphatic heterocycles. The number of hydrogen-bond donors (Lipinski definition) is 3. The zero-order valence-corrected chi connectivity index (χ0v) is 10.6. The van der Waals surface area contributed by atoms with E-state index in [1.165, 1.54) is 12.1 Å². The maximum atomic E-state index is 11.6. The summed E-state index contributed by atoms with van der Waals surface area (Å²) < 4.78 is 5.14. The van der Waals surface area contributed by atoms with Gasteiger partial charge < -0.3 is 20.2 Å². The summed E-state index contributed by atoms with van der Waals surface area (Å²) in [4.78, 5) is 22.4. The zero-order valence-electron chi connectivity index (χ0n) is 10.6. The lowest BCUT2D eigenvalue weighted by Crippen LogP contribution is -2.30. The van der Waals surface area contributed by atoms with E-state index in [1.54, 1.807) is 24.5 Å². The van der Waals surface area contributed by atoms with E-state index in [9.17, 15) is 9.59 Å². The van der Waals surface area contributed by atoms with Gasteiger partial charge in [0, 0.05) is 18.7 Å². The number of benzene rings is 1. The van der Waals surface area contributed by atoms with Gasteiger partial charge in [0.25, 0.3) is 0 Å². The largest absolute Gasteiger partial charge is 0.478 e. The summed E-state index contributed by atoms with van der Waals surface area (Å²) in [5.74, 6) is -0.245. The second-order valence-corrected chi connectivity index (χ2v) is 4.10. The third kappa shape index (κ3) is 3.88. The predicted molar refractivity (Wildman–Crippen MR) is 72.8 cm³/mol. The highest BCUT2D eigenvalue weighted by atomic mass is 16.4. The van der Waals surface area contributed by atoms with Crippen molar-refractivity contribution in [3.63, 3.8) is 0 Å². The van der Waals surface area contributed by atoms with Crippen LogP contribution in [0.5, 0.6) is 0 Å². The molecule has 1 aromatic heterocycles. The van der Waals surface area contributed by atoms with Gasteiger partial charge in [0.15, 0.2) is 0 Å². The van der Waals surface area contributed by atoms with E-state index in [0.29, 0.717) is 18.7 Å². The molecule has 0 aliphatic rings. The Labute approximate surface area is 115 Å². The monoisotopic (exact) mass is 274 g/mol. The van der Waals surface area contributed by atoms with Gasteiger partial charge in [-0.15, -0.1) is 0 Å². The van der Waals surface area contributed by atoms with Gasteiger partial charge in [0.2, 0.25) is 0 Å². The van der Waals surface area contributed by atoms with Crippen molar-refractivity contribution in [2.75, 3.05) is 11.9 Å². The van der Waals surface area contributed by atoms with Crippen LogP contribution in [0.3, 0.4) is 0 Å². The summed E-state index contributed by atoms with van der Waals surface area (Å²) >= 11 is 0. The second-order valence-electron chi connectivity index (χ2n) is 4.10. The van der Waals surface area contributed by atoms with E-state index >= 15 is 0 Å². The Morgan fingerprint density at radius 1 is 1.20 bits per heavy atom. The molecular formula is C14H14N2O4. The number of urea groups is 1. The molecule has 0 atom stereocenters. The Balaban J connectivity index is 1.82. The van der Waals surface area contributed by atoms with Crippen molar-refractivity contribution in [2.24, 2.45) is 0 Å². The normalized spacial score (nSPS) is 10.0. The molecule has 1 heterocycles. The lowest BCUT2D eigenvalue weighted by Gasteiger charge is -2.07. The lowest BCUT2D eigenvalue weighted by atomic mass is 10.2. The zero-order chi connectivity index (χ0) is 14.4. The molecule has 0 saturated carbocycles. The van der Waals surface area contributed by atoms with Gasteiger partial charge in [0.1, 0.15) is 5.76 Å². The van der Waals surface area contributed by atoms with Crippen LogP contribution in [0.4, 0.5) is 10.5 Å². The topological polar surface area (TPSA) is 91.6 Å². The molecule has 104 valence electrons. The molecule has 0 fully saturated rings. The highest BCUT2D eigenvalue weighted by Gasteiger charge is 2.06. The first-order valence-corrected chi connectivity index (χ1v) is 6.06. The molecule has 0 bridgehead atoms. The lowest BCUT2D eigenvalue weighted by molar-refractivity contribution is 0.0697. The summed E-state index contributed by atoms with van der Waals surface area (Å²) in [7, 11) is 0. The number of anilines is 1. The molecule has 2 aromatic rings. The van der Waals surface area contributed by atoms with Gasteiger partial charge in [-0.2, -0.15) is 0 Å². The fraction of sp³-hybridized carbons (Fsp3) is 0.143. The van der Waals surface area contributed by atoms with Crippen molar-refractivity contribution in [1.29, 1.82) is 0 Å². The number of furan rings is 1. The summed E-state index contributed by atoms with van der Waals surface area (Å²) in [6.07, 6.45) is 2.17.